The molecule has 0 aliphatic carbocycles. The summed E-state index contributed by atoms with van der Waals surface area (Å²) in [5, 5.41) is 0.534. The van der Waals surface area contributed by atoms with Crippen LogP contribution in [0.2, 0.25) is 0 Å². The van der Waals surface area contributed by atoms with Crippen molar-refractivity contribution in [2.45, 2.75) is 0 Å². The summed E-state index contributed by atoms with van der Waals surface area (Å²) in [4.78, 5) is 12.5. The molecule has 2 aromatic carbocycles. The van der Waals surface area contributed by atoms with Crippen molar-refractivity contribution in [1.82, 2.24) is 0 Å². The van der Waals surface area contributed by atoms with Crippen LogP contribution in [0.4, 0.5) is 0 Å². The Bertz CT molecular complexity index is 872. The monoisotopic (exact) mass is 456 g/mol. The SMILES string of the molecule is COc1ccc2c(=O)c(I)c(-c3ccccc3)oc2c1Br. The lowest BCUT2D eigenvalue weighted by Crippen LogP contribution is -2.07. The van der Waals surface area contributed by atoms with Crippen molar-refractivity contribution in [2.24, 2.45) is 0 Å². The fourth-order valence-corrected chi connectivity index (χ4v) is 3.42. The molecule has 1 aromatic heterocycles. The van der Waals surface area contributed by atoms with Gasteiger partial charge in [0, 0.05) is 5.56 Å². The number of hydrogen-bond donors (Lipinski definition) is 0. The quantitative estimate of drug-likeness (QED) is 0.518. The number of rotatable bonds is 2. The van der Waals surface area contributed by atoms with Gasteiger partial charge < -0.3 is 9.15 Å². The number of methoxy groups -OCH3 is 1. The van der Waals surface area contributed by atoms with Crippen molar-refractivity contribution in [1.29, 1.82) is 0 Å². The van der Waals surface area contributed by atoms with Gasteiger partial charge in [0.25, 0.3) is 0 Å². The Balaban J connectivity index is 2.40. The highest BCUT2D eigenvalue weighted by Crippen LogP contribution is 2.35. The molecule has 0 aliphatic rings. The fraction of sp³-hybridized carbons (Fsp3) is 0.0625. The van der Waals surface area contributed by atoms with Crippen molar-refractivity contribution in [3.8, 4) is 17.1 Å². The van der Waals surface area contributed by atoms with Gasteiger partial charge in [-0.1, -0.05) is 30.3 Å². The molecule has 0 amide bonds. The van der Waals surface area contributed by atoms with Crippen LogP contribution < -0.4 is 10.2 Å². The van der Waals surface area contributed by atoms with E-state index in [0.717, 1.165) is 5.56 Å². The average molecular weight is 457 g/mol. The van der Waals surface area contributed by atoms with Crippen molar-refractivity contribution in [3.05, 3.63) is 60.7 Å². The van der Waals surface area contributed by atoms with Crippen LogP contribution in [0.3, 0.4) is 0 Å². The Morgan fingerprint density at radius 1 is 1.14 bits per heavy atom. The van der Waals surface area contributed by atoms with E-state index in [0.29, 0.717) is 30.5 Å². The minimum Gasteiger partial charge on any atom is -0.495 e. The Labute approximate surface area is 143 Å². The smallest absolute Gasteiger partial charge is 0.206 e. The highest BCUT2D eigenvalue weighted by molar-refractivity contribution is 14.1. The summed E-state index contributed by atoms with van der Waals surface area (Å²) in [6.45, 7) is 0. The van der Waals surface area contributed by atoms with Crippen LogP contribution in [-0.4, -0.2) is 7.11 Å². The molecule has 0 atom stereocenters. The predicted molar refractivity (Wildman–Crippen MR) is 94.9 cm³/mol. The molecule has 3 nitrogen and oxygen atoms in total. The second kappa shape index (κ2) is 5.81. The first kappa shape index (κ1) is 14.6. The molecular formula is C16H10BrIO3. The van der Waals surface area contributed by atoms with Crippen LogP contribution in [0.5, 0.6) is 5.75 Å². The van der Waals surface area contributed by atoms with Gasteiger partial charge in [0.2, 0.25) is 5.43 Å². The maximum atomic E-state index is 12.5. The molecule has 0 unspecified atom stereocenters. The van der Waals surface area contributed by atoms with E-state index in [1.807, 2.05) is 52.9 Å². The van der Waals surface area contributed by atoms with E-state index in [1.165, 1.54) is 0 Å². The van der Waals surface area contributed by atoms with E-state index >= 15 is 0 Å². The van der Waals surface area contributed by atoms with E-state index in [-0.39, 0.29) is 5.43 Å². The number of benzene rings is 2. The van der Waals surface area contributed by atoms with Gasteiger partial charge in [-0.15, -0.1) is 0 Å². The molecule has 0 bridgehead atoms. The number of hydrogen-bond acceptors (Lipinski definition) is 3. The zero-order valence-corrected chi connectivity index (χ0v) is 14.8. The van der Waals surface area contributed by atoms with E-state index in [4.69, 9.17) is 9.15 Å². The van der Waals surface area contributed by atoms with Gasteiger partial charge in [0.05, 0.1) is 12.5 Å². The summed E-state index contributed by atoms with van der Waals surface area (Å²) in [6.07, 6.45) is 0. The Hall–Kier alpha value is -1.34. The van der Waals surface area contributed by atoms with E-state index < -0.39 is 0 Å². The Kier molecular flexibility index (Phi) is 4.03. The molecule has 3 rings (SSSR count). The summed E-state index contributed by atoms with van der Waals surface area (Å²) in [7, 11) is 1.58. The number of halogens is 2. The van der Waals surface area contributed by atoms with Gasteiger partial charge in [-0.2, -0.15) is 0 Å². The summed E-state index contributed by atoms with van der Waals surface area (Å²) >= 11 is 5.48. The number of fused-ring (bicyclic) bond motifs is 1. The lowest BCUT2D eigenvalue weighted by molar-refractivity contribution is 0.411. The van der Waals surface area contributed by atoms with Crippen molar-refractivity contribution >= 4 is 49.5 Å². The molecule has 0 spiro atoms. The second-order valence-electron chi connectivity index (χ2n) is 4.40. The van der Waals surface area contributed by atoms with Crippen LogP contribution >= 0.6 is 38.5 Å². The van der Waals surface area contributed by atoms with Crippen LogP contribution in [-0.2, 0) is 0 Å². The van der Waals surface area contributed by atoms with Crippen molar-refractivity contribution in [3.63, 3.8) is 0 Å². The van der Waals surface area contributed by atoms with Crippen LogP contribution in [0.25, 0.3) is 22.3 Å². The van der Waals surface area contributed by atoms with E-state index in [1.54, 1.807) is 19.2 Å². The van der Waals surface area contributed by atoms with Crippen molar-refractivity contribution < 1.29 is 9.15 Å². The van der Waals surface area contributed by atoms with Gasteiger partial charge in [-0.3, -0.25) is 4.79 Å². The van der Waals surface area contributed by atoms with Gasteiger partial charge >= 0.3 is 0 Å². The standard InChI is InChI=1S/C16H10BrIO3/c1-20-11-8-7-10-14(19)13(18)15(21-16(10)12(11)17)9-5-3-2-4-6-9/h2-8H,1H3. The van der Waals surface area contributed by atoms with E-state index in [9.17, 15) is 4.79 Å². The van der Waals surface area contributed by atoms with Crippen LogP contribution in [0, 0.1) is 3.57 Å². The molecular weight excluding hydrogens is 447 g/mol. The third kappa shape index (κ3) is 2.48. The first-order valence-electron chi connectivity index (χ1n) is 6.17. The van der Waals surface area contributed by atoms with Gasteiger partial charge in [0.15, 0.2) is 11.3 Å². The first-order chi connectivity index (χ1) is 10.1. The predicted octanol–water partition coefficient (Wildman–Crippen LogP) is 4.84. The fourth-order valence-electron chi connectivity index (χ4n) is 2.12. The topological polar surface area (TPSA) is 39.4 Å². The minimum absolute atomic E-state index is 0.0425. The zero-order chi connectivity index (χ0) is 15.0. The van der Waals surface area contributed by atoms with E-state index in [2.05, 4.69) is 15.9 Å². The third-order valence-corrected chi connectivity index (χ3v) is 4.90. The molecule has 1 heterocycles. The molecule has 0 radical (unpaired) electrons. The molecule has 0 N–H and O–H groups in total. The maximum absolute atomic E-state index is 12.5. The second-order valence-corrected chi connectivity index (χ2v) is 6.27. The normalized spacial score (nSPS) is 10.8. The first-order valence-corrected chi connectivity index (χ1v) is 8.05. The summed E-state index contributed by atoms with van der Waals surface area (Å²) in [5.74, 6) is 1.20. The molecule has 21 heavy (non-hydrogen) atoms. The molecule has 5 heteroatoms. The number of ether oxygens (including phenoxy) is 1. The zero-order valence-electron chi connectivity index (χ0n) is 11.0. The minimum atomic E-state index is -0.0425. The third-order valence-electron chi connectivity index (χ3n) is 3.17. The summed E-state index contributed by atoms with van der Waals surface area (Å²) in [6, 6.07) is 13.1. The highest BCUT2D eigenvalue weighted by atomic mass is 127. The maximum Gasteiger partial charge on any atom is 0.206 e. The van der Waals surface area contributed by atoms with Crippen LogP contribution in [0.1, 0.15) is 0 Å². The van der Waals surface area contributed by atoms with Gasteiger partial charge in [-0.25, -0.2) is 0 Å². The van der Waals surface area contributed by atoms with Crippen molar-refractivity contribution in [2.75, 3.05) is 7.11 Å². The molecule has 106 valence electrons. The molecule has 0 fully saturated rings. The lowest BCUT2D eigenvalue weighted by Gasteiger charge is -2.09. The largest absolute Gasteiger partial charge is 0.495 e. The molecule has 0 saturated carbocycles. The molecule has 0 saturated heterocycles. The summed E-state index contributed by atoms with van der Waals surface area (Å²) < 4.78 is 12.5. The summed E-state index contributed by atoms with van der Waals surface area (Å²) in [5.41, 5.74) is 1.33. The van der Waals surface area contributed by atoms with Gasteiger partial charge in [0.1, 0.15) is 13.8 Å². The van der Waals surface area contributed by atoms with Crippen LogP contribution in [0.15, 0.2) is 56.1 Å². The lowest BCUT2D eigenvalue weighted by atomic mass is 10.1. The Morgan fingerprint density at radius 2 is 1.86 bits per heavy atom. The molecule has 3 aromatic rings. The highest BCUT2D eigenvalue weighted by Gasteiger charge is 2.17. The van der Waals surface area contributed by atoms with Gasteiger partial charge in [-0.05, 0) is 50.7 Å². The average Bonchev–Trinajstić information content (AvgIpc) is 2.52. The molecule has 0 aliphatic heterocycles. The Morgan fingerprint density at radius 3 is 2.52 bits per heavy atom.